The standard InChI is InChI=1S/C27H22Cl2N4O3S/c1-36-21-12-4-17(5-13-21)23-14-22(16-2-6-18(28)7-3-16)32-33(23)27-31-26(35)24(37-27)15-25(34)30-20-10-8-19(29)9-11-20/h2-13,23-24H,14-15H2,1H3,(H,30,34)/t23-,24+/m0/s1. The first-order valence-electron chi connectivity index (χ1n) is 11.5. The number of aliphatic imine (C=N–C) groups is 1. The normalized spacial score (nSPS) is 19.0. The van der Waals surface area contributed by atoms with Crippen molar-refractivity contribution in [3.63, 3.8) is 0 Å². The summed E-state index contributed by atoms with van der Waals surface area (Å²) >= 11 is 13.2. The van der Waals surface area contributed by atoms with Crippen LogP contribution < -0.4 is 10.1 Å². The van der Waals surface area contributed by atoms with Gasteiger partial charge in [-0.05, 0) is 59.7 Å². The third-order valence-electron chi connectivity index (χ3n) is 6.01. The van der Waals surface area contributed by atoms with Crippen molar-refractivity contribution in [1.29, 1.82) is 0 Å². The summed E-state index contributed by atoms with van der Waals surface area (Å²) in [6, 6.07) is 21.9. The topological polar surface area (TPSA) is 83.4 Å². The summed E-state index contributed by atoms with van der Waals surface area (Å²) in [5.41, 5.74) is 3.42. The van der Waals surface area contributed by atoms with Crippen LogP contribution in [0.3, 0.4) is 0 Å². The number of anilines is 1. The number of nitrogens with zero attached hydrogens (tertiary/aromatic N) is 3. The lowest BCUT2D eigenvalue weighted by molar-refractivity contribution is -0.121. The minimum atomic E-state index is -0.631. The van der Waals surface area contributed by atoms with E-state index in [-0.39, 0.29) is 24.3 Å². The molecule has 0 saturated heterocycles. The first kappa shape index (κ1) is 25.3. The Morgan fingerprint density at radius 1 is 1.03 bits per heavy atom. The van der Waals surface area contributed by atoms with Crippen molar-refractivity contribution < 1.29 is 14.3 Å². The Bertz CT molecular complexity index is 1380. The predicted molar refractivity (Wildman–Crippen MR) is 149 cm³/mol. The van der Waals surface area contributed by atoms with Crippen LogP contribution in [-0.2, 0) is 9.59 Å². The maximum Gasteiger partial charge on any atom is 0.262 e. The van der Waals surface area contributed by atoms with E-state index in [0.717, 1.165) is 22.6 Å². The monoisotopic (exact) mass is 552 g/mol. The molecule has 2 heterocycles. The third-order valence-corrected chi connectivity index (χ3v) is 7.66. The van der Waals surface area contributed by atoms with Crippen LogP contribution in [0.2, 0.25) is 10.0 Å². The lowest BCUT2D eigenvalue weighted by atomic mass is 9.98. The van der Waals surface area contributed by atoms with Crippen LogP contribution in [0.15, 0.2) is 82.9 Å². The van der Waals surface area contributed by atoms with Crippen LogP contribution in [0.4, 0.5) is 5.69 Å². The molecule has 3 aromatic carbocycles. The molecule has 2 aliphatic heterocycles. The van der Waals surface area contributed by atoms with E-state index in [4.69, 9.17) is 33.0 Å². The average Bonchev–Trinajstić information content (AvgIpc) is 3.50. The molecule has 0 saturated carbocycles. The Hall–Kier alpha value is -3.33. The summed E-state index contributed by atoms with van der Waals surface area (Å²) in [5, 5.41) is 10.5. The number of benzene rings is 3. The van der Waals surface area contributed by atoms with E-state index in [0.29, 0.717) is 27.3 Å². The summed E-state index contributed by atoms with van der Waals surface area (Å²) in [6.07, 6.45) is 0.609. The summed E-state index contributed by atoms with van der Waals surface area (Å²) in [4.78, 5) is 29.7. The second-order valence-electron chi connectivity index (χ2n) is 8.49. The van der Waals surface area contributed by atoms with E-state index in [9.17, 15) is 9.59 Å². The van der Waals surface area contributed by atoms with E-state index in [2.05, 4.69) is 10.3 Å². The van der Waals surface area contributed by atoms with E-state index in [1.54, 1.807) is 36.4 Å². The molecule has 10 heteroatoms. The number of rotatable bonds is 6. The Balaban J connectivity index is 1.35. The zero-order valence-electron chi connectivity index (χ0n) is 19.7. The minimum absolute atomic E-state index is 0.00603. The zero-order valence-corrected chi connectivity index (χ0v) is 22.1. The molecular formula is C27H22Cl2N4O3S. The fourth-order valence-corrected chi connectivity index (χ4v) is 5.42. The van der Waals surface area contributed by atoms with Crippen molar-refractivity contribution in [1.82, 2.24) is 5.01 Å². The number of amides is 2. The van der Waals surface area contributed by atoms with E-state index in [1.165, 1.54) is 11.8 Å². The van der Waals surface area contributed by atoms with Gasteiger partial charge in [0, 0.05) is 28.6 Å². The average molecular weight is 553 g/mol. The molecular weight excluding hydrogens is 531 g/mol. The highest BCUT2D eigenvalue weighted by Crippen LogP contribution is 2.39. The highest BCUT2D eigenvalue weighted by molar-refractivity contribution is 8.15. The molecule has 7 nitrogen and oxygen atoms in total. The number of hydrogen-bond acceptors (Lipinski definition) is 6. The maximum absolute atomic E-state index is 12.8. The predicted octanol–water partition coefficient (Wildman–Crippen LogP) is 6.18. The number of nitrogens with one attached hydrogen (secondary N) is 1. The first-order chi connectivity index (χ1) is 17.9. The van der Waals surface area contributed by atoms with Gasteiger partial charge < -0.3 is 10.1 Å². The van der Waals surface area contributed by atoms with Gasteiger partial charge in [0.05, 0.1) is 18.9 Å². The molecule has 3 aromatic rings. The van der Waals surface area contributed by atoms with Crippen LogP contribution >= 0.6 is 35.0 Å². The number of hydrazone groups is 1. The molecule has 1 N–H and O–H groups in total. The molecule has 0 radical (unpaired) electrons. The van der Waals surface area contributed by atoms with Gasteiger partial charge in [0.25, 0.3) is 5.91 Å². The Morgan fingerprint density at radius 3 is 2.32 bits per heavy atom. The van der Waals surface area contributed by atoms with Crippen molar-refractivity contribution in [3.05, 3.63) is 94.0 Å². The summed E-state index contributed by atoms with van der Waals surface area (Å²) in [5.74, 6) is 0.125. The van der Waals surface area contributed by atoms with Crippen LogP contribution in [0, 0.1) is 0 Å². The lowest BCUT2D eigenvalue weighted by Crippen LogP contribution is -2.25. The van der Waals surface area contributed by atoms with Gasteiger partial charge in [0.15, 0.2) is 5.17 Å². The molecule has 0 spiro atoms. The number of carbonyl (C=O) groups is 2. The molecule has 0 bridgehead atoms. The molecule has 2 atom stereocenters. The quantitative estimate of drug-likeness (QED) is 0.394. The maximum atomic E-state index is 12.8. The summed E-state index contributed by atoms with van der Waals surface area (Å²) in [7, 11) is 1.62. The molecule has 188 valence electrons. The number of carbonyl (C=O) groups excluding carboxylic acids is 2. The van der Waals surface area contributed by atoms with Gasteiger partial charge >= 0.3 is 0 Å². The largest absolute Gasteiger partial charge is 0.497 e. The fourth-order valence-electron chi connectivity index (χ4n) is 4.11. The number of halogens is 2. The fraction of sp³-hybridized carbons (Fsp3) is 0.185. The van der Waals surface area contributed by atoms with Crippen molar-refractivity contribution in [2.24, 2.45) is 10.1 Å². The highest BCUT2D eigenvalue weighted by Gasteiger charge is 2.39. The van der Waals surface area contributed by atoms with Crippen molar-refractivity contribution in [2.45, 2.75) is 24.1 Å². The van der Waals surface area contributed by atoms with Crippen molar-refractivity contribution >= 4 is 63.3 Å². The smallest absolute Gasteiger partial charge is 0.262 e. The summed E-state index contributed by atoms with van der Waals surface area (Å²) < 4.78 is 5.30. The van der Waals surface area contributed by atoms with Gasteiger partial charge in [-0.2, -0.15) is 10.1 Å². The van der Waals surface area contributed by atoms with Gasteiger partial charge in [0.2, 0.25) is 5.91 Å². The zero-order chi connectivity index (χ0) is 25.9. The number of ether oxygens (including phenoxy) is 1. The van der Waals surface area contributed by atoms with E-state index < -0.39 is 5.25 Å². The molecule has 0 unspecified atom stereocenters. The lowest BCUT2D eigenvalue weighted by Gasteiger charge is -2.23. The Kier molecular flexibility index (Phi) is 7.50. The molecule has 0 fully saturated rings. The molecule has 37 heavy (non-hydrogen) atoms. The number of methoxy groups -OCH3 is 1. The molecule has 0 aromatic heterocycles. The SMILES string of the molecule is COc1ccc([C@@H]2CC(c3ccc(Cl)cc3)=NN2C2=NC(=O)[C@@H](CC(=O)Nc3ccc(Cl)cc3)S2)cc1. The van der Waals surface area contributed by atoms with E-state index >= 15 is 0 Å². The first-order valence-corrected chi connectivity index (χ1v) is 13.1. The van der Waals surface area contributed by atoms with E-state index in [1.807, 2.05) is 48.5 Å². The van der Waals surface area contributed by atoms with Crippen LogP contribution in [0.25, 0.3) is 0 Å². The highest BCUT2D eigenvalue weighted by atomic mass is 35.5. The Labute approximate surface area is 228 Å². The van der Waals surface area contributed by atoms with Gasteiger partial charge in [-0.15, -0.1) is 0 Å². The van der Waals surface area contributed by atoms with Crippen molar-refractivity contribution in [3.8, 4) is 5.75 Å². The third kappa shape index (κ3) is 5.82. The summed E-state index contributed by atoms with van der Waals surface area (Å²) in [6.45, 7) is 0. The van der Waals surface area contributed by atoms with Gasteiger partial charge in [-0.1, -0.05) is 59.2 Å². The molecule has 0 aliphatic carbocycles. The van der Waals surface area contributed by atoms with Crippen LogP contribution in [0.5, 0.6) is 5.75 Å². The molecule has 2 aliphatic rings. The van der Waals surface area contributed by atoms with Gasteiger partial charge in [0.1, 0.15) is 11.0 Å². The number of amidine groups is 1. The van der Waals surface area contributed by atoms with Crippen LogP contribution in [-0.4, -0.2) is 40.1 Å². The van der Waals surface area contributed by atoms with Gasteiger partial charge in [-0.3, -0.25) is 9.59 Å². The second kappa shape index (κ2) is 11.0. The number of thioether (sulfide) groups is 1. The number of hydrogen-bond donors (Lipinski definition) is 1. The van der Waals surface area contributed by atoms with Crippen LogP contribution in [0.1, 0.15) is 30.0 Å². The van der Waals surface area contributed by atoms with Crippen molar-refractivity contribution in [2.75, 3.05) is 12.4 Å². The molecule has 5 rings (SSSR count). The second-order valence-corrected chi connectivity index (χ2v) is 10.5. The Morgan fingerprint density at radius 2 is 1.68 bits per heavy atom. The minimum Gasteiger partial charge on any atom is -0.497 e. The molecule has 2 amide bonds. The van der Waals surface area contributed by atoms with Gasteiger partial charge in [-0.25, -0.2) is 5.01 Å².